The van der Waals surface area contributed by atoms with E-state index in [0.717, 1.165) is 0 Å². The molecule has 0 aromatic heterocycles. The van der Waals surface area contributed by atoms with Crippen molar-refractivity contribution in [2.24, 2.45) is 0 Å². The third kappa shape index (κ3) is 3.73. The number of carbonyl (C=O) groups is 1. The Hall–Kier alpha value is 1.45. The van der Waals surface area contributed by atoms with Gasteiger partial charge in [-0.2, -0.15) is 8.78 Å². The van der Waals surface area contributed by atoms with Gasteiger partial charge >= 0.3 is 4.83 Å². The van der Waals surface area contributed by atoms with Crippen molar-refractivity contribution in [3.8, 4) is 0 Å². The van der Waals surface area contributed by atoms with Gasteiger partial charge in [-0.1, -0.05) is 47.8 Å². The van der Waals surface area contributed by atoms with Gasteiger partial charge in [0.15, 0.2) is 2.14 Å². The molecule has 0 N–H and O–H groups in total. The highest BCUT2D eigenvalue weighted by atomic mass is 80.0. The zero-order valence-corrected chi connectivity index (χ0v) is 10.5. The molecular weight excluding hydrogens is 410 g/mol. The maximum absolute atomic E-state index is 12.1. The highest BCUT2D eigenvalue weighted by molar-refractivity contribution is 9.40. The fraction of sp³-hybridized carbons (Fsp3) is 0.667. The lowest BCUT2D eigenvalue weighted by Crippen LogP contribution is -2.31. The molecule has 1 nitrogen and oxygen atoms in total. The Morgan fingerprint density at radius 3 is 1.40 bits per heavy atom. The van der Waals surface area contributed by atoms with E-state index in [-0.39, 0.29) is 0 Å². The summed E-state index contributed by atoms with van der Waals surface area (Å²) in [6.45, 7) is 0. The lowest BCUT2D eigenvalue weighted by Gasteiger charge is -2.13. The quantitative estimate of drug-likeness (QED) is 0.607. The third-order valence-corrected chi connectivity index (χ3v) is 1.96. The van der Waals surface area contributed by atoms with Crippen LogP contribution in [0.2, 0.25) is 0 Å². The summed E-state index contributed by atoms with van der Waals surface area (Å²) in [5, 5.41) is 0. The van der Waals surface area contributed by atoms with Gasteiger partial charge in [0.05, 0.1) is 0 Å². The molecule has 0 spiro atoms. The maximum atomic E-state index is 12.1. The van der Waals surface area contributed by atoms with Crippen LogP contribution >= 0.6 is 63.7 Å². The van der Waals surface area contributed by atoms with Crippen molar-refractivity contribution in [1.82, 2.24) is 0 Å². The number of ketones is 1. The smallest absolute Gasteiger partial charge is 0.288 e. The van der Waals surface area contributed by atoms with E-state index in [2.05, 4.69) is 47.8 Å². The summed E-state index contributed by atoms with van der Waals surface area (Å²) in [7, 11) is 0. The number of hydrogen-bond donors (Lipinski definition) is 0. The van der Waals surface area contributed by atoms with E-state index in [4.69, 9.17) is 0 Å². The molecule has 0 aliphatic carbocycles. The molecule has 0 atom stereocenters. The second-order valence-corrected chi connectivity index (χ2v) is 9.08. The van der Waals surface area contributed by atoms with Gasteiger partial charge in [-0.15, -0.1) is 0 Å². The van der Waals surface area contributed by atoms with Crippen molar-refractivity contribution in [3.05, 3.63) is 0 Å². The van der Waals surface area contributed by atoms with Gasteiger partial charge in [-0.05, 0) is 15.9 Å². The summed E-state index contributed by atoms with van der Waals surface area (Å²) in [5.74, 6) is -1.35. The minimum Gasteiger partial charge on any atom is -0.288 e. The first kappa shape index (κ1) is 11.4. The molecule has 0 aliphatic rings. The fourth-order valence-corrected chi connectivity index (χ4v) is 2.00. The summed E-state index contributed by atoms with van der Waals surface area (Å²) in [6.07, 6.45) is 0. The summed E-state index contributed by atoms with van der Waals surface area (Å²) in [5.41, 5.74) is 0. The predicted molar refractivity (Wildman–Crippen MR) is 48.4 cm³/mol. The Bertz CT molecular complexity index is 130. The van der Waals surface area contributed by atoms with Gasteiger partial charge in [0.2, 0.25) is 0 Å². The molecule has 0 radical (unpaired) electrons. The normalized spacial score (nSPS) is 13.4. The van der Waals surface area contributed by atoms with E-state index in [0.29, 0.717) is 0 Å². The Balaban J connectivity index is 4.40. The van der Waals surface area contributed by atoms with Crippen LogP contribution in [0.1, 0.15) is 0 Å². The zero-order chi connectivity index (χ0) is 8.58. The lowest BCUT2D eigenvalue weighted by atomic mass is 10.5. The standard InChI is InChI=1S/C3Br4F2O/c4-2(5,6)1(10)3(7,8)9. The predicted octanol–water partition coefficient (Wildman–Crippen LogP) is 3.38. The van der Waals surface area contributed by atoms with E-state index in [1.54, 1.807) is 0 Å². The number of alkyl halides is 6. The minimum absolute atomic E-state index is 1.35. The molecule has 0 aromatic carbocycles. The minimum atomic E-state index is -3.52. The largest absolute Gasteiger partial charge is 0.361 e. The van der Waals surface area contributed by atoms with E-state index < -0.39 is 12.8 Å². The molecule has 7 heteroatoms. The van der Waals surface area contributed by atoms with Gasteiger partial charge in [0.25, 0.3) is 5.78 Å². The molecule has 10 heavy (non-hydrogen) atoms. The van der Waals surface area contributed by atoms with Crippen molar-refractivity contribution in [3.63, 3.8) is 0 Å². The van der Waals surface area contributed by atoms with Crippen molar-refractivity contribution in [1.29, 1.82) is 0 Å². The van der Waals surface area contributed by atoms with Crippen LogP contribution < -0.4 is 0 Å². The van der Waals surface area contributed by atoms with Gasteiger partial charge in [0.1, 0.15) is 0 Å². The van der Waals surface area contributed by atoms with Gasteiger partial charge in [-0.3, -0.25) is 4.79 Å². The van der Waals surface area contributed by atoms with Crippen LogP contribution in [0.15, 0.2) is 0 Å². The molecule has 0 aliphatic heterocycles. The van der Waals surface area contributed by atoms with Gasteiger partial charge in [-0.25, -0.2) is 0 Å². The van der Waals surface area contributed by atoms with E-state index in [9.17, 15) is 13.6 Å². The monoisotopic (exact) mass is 406 g/mol. The van der Waals surface area contributed by atoms with Crippen LogP contribution in [0.25, 0.3) is 0 Å². The fourth-order valence-electron chi connectivity index (χ4n) is 0.161. The number of rotatable bonds is 1. The number of halogens is 6. The first-order chi connectivity index (χ1) is 4.15. The highest BCUT2D eigenvalue weighted by Gasteiger charge is 2.46. The maximum Gasteiger partial charge on any atom is 0.361 e. The van der Waals surface area contributed by atoms with Crippen molar-refractivity contribution in [2.45, 2.75) is 6.97 Å². The van der Waals surface area contributed by atoms with Crippen molar-refractivity contribution in [2.75, 3.05) is 0 Å². The molecule has 0 fully saturated rings. The number of hydrogen-bond acceptors (Lipinski definition) is 1. The SMILES string of the molecule is O=C(C(F)(F)Br)C(Br)(Br)Br. The molecule has 0 saturated heterocycles. The molecule has 0 rings (SSSR count). The molecular formula is C3Br4F2O. The van der Waals surface area contributed by atoms with Crippen LogP contribution in [0.4, 0.5) is 8.78 Å². The Morgan fingerprint density at radius 2 is 1.40 bits per heavy atom. The van der Waals surface area contributed by atoms with Gasteiger partial charge < -0.3 is 0 Å². The summed E-state index contributed by atoms with van der Waals surface area (Å²) in [6, 6.07) is 0. The van der Waals surface area contributed by atoms with Crippen LogP contribution in [0, 0.1) is 0 Å². The lowest BCUT2D eigenvalue weighted by molar-refractivity contribution is -0.130. The second kappa shape index (κ2) is 3.45. The Kier molecular flexibility index (Phi) is 3.95. The topological polar surface area (TPSA) is 17.1 Å². The van der Waals surface area contributed by atoms with E-state index >= 15 is 0 Å². The van der Waals surface area contributed by atoms with E-state index in [1.165, 1.54) is 0 Å². The van der Waals surface area contributed by atoms with Crippen LogP contribution in [-0.4, -0.2) is 12.8 Å². The molecule has 0 heterocycles. The molecule has 0 saturated carbocycles. The zero-order valence-electron chi connectivity index (χ0n) is 4.18. The average molecular weight is 410 g/mol. The summed E-state index contributed by atoms with van der Waals surface area (Å²) < 4.78 is 22.6. The molecule has 60 valence electrons. The summed E-state index contributed by atoms with van der Waals surface area (Å²) >= 11 is 9.87. The number of Topliss-reactive ketones (excluding diaryl/α,β-unsaturated/α-hetero) is 1. The molecule has 0 amide bonds. The first-order valence-electron chi connectivity index (χ1n) is 1.84. The third-order valence-electron chi connectivity index (χ3n) is 0.515. The Labute approximate surface area is 89.4 Å². The molecule has 0 bridgehead atoms. The summed E-state index contributed by atoms with van der Waals surface area (Å²) in [4.78, 5) is 7.02. The molecule has 0 aromatic rings. The second-order valence-electron chi connectivity index (χ2n) is 1.32. The van der Waals surface area contributed by atoms with Crippen LogP contribution in [-0.2, 0) is 4.79 Å². The molecule has 0 unspecified atom stereocenters. The van der Waals surface area contributed by atoms with Crippen LogP contribution in [0.5, 0.6) is 0 Å². The average Bonchev–Trinajstić information content (AvgIpc) is 1.59. The number of carbonyl (C=O) groups excluding carboxylic acids is 1. The Morgan fingerprint density at radius 1 is 1.10 bits per heavy atom. The first-order valence-corrected chi connectivity index (χ1v) is 5.01. The highest BCUT2D eigenvalue weighted by Crippen LogP contribution is 2.41. The van der Waals surface area contributed by atoms with Crippen LogP contribution in [0.3, 0.4) is 0 Å². The van der Waals surface area contributed by atoms with E-state index in [1.807, 2.05) is 15.9 Å². The van der Waals surface area contributed by atoms with Gasteiger partial charge in [0, 0.05) is 0 Å². The van der Waals surface area contributed by atoms with Crippen molar-refractivity contribution < 1.29 is 13.6 Å². The van der Waals surface area contributed by atoms with Crippen molar-refractivity contribution >= 4 is 69.5 Å².